The third kappa shape index (κ3) is 4.01. The summed E-state index contributed by atoms with van der Waals surface area (Å²) >= 11 is 1.47. The average Bonchev–Trinajstić information content (AvgIpc) is 3.53. The number of hydrogen-bond donors (Lipinski definition) is 1. The summed E-state index contributed by atoms with van der Waals surface area (Å²) in [5.74, 6) is 1.49. The van der Waals surface area contributed by atoms with Crippen LogP contribution < -0.4 is 4.74 Å². The number of likely N-dealkylation sites (tertiary alicyclic amines) is 2. The molecule has 2 aliphatic rings. The quantitative estimate of drug-likeness (QED) is 0.635. The fraction of sp³-hybridized carbons (Fsp3) is 0.440. The Kier molecular flexibility index (Phi) is 5.91. The van der Waals surface area contributed by atoms with Gasteiger partial charge in [0, 0.05) is 43.3 Å². The van der Waals surface area contributed by atoms with Crippen LogP contribution in [0, 0.1) is 5.92 Å². The van der Waals surface area contributed by atoms with Gasteiger partial charge in [-0.05, 0) is 66.8 Å². The smallest absolute Gasteiger partial charge is 0.263 e. The summed E-state index contributed by atoms with van der Waals surface area (Å²) in [5, 5.41) is 3.14. The number of ether oxygens (including phenoxy) is 1. The van der Waals surface area contributed by atoms with Crippen molar-refractivity contribution in [3.63, 3.8) is 0 Å². The summed E-state index contributed by atoms with van der Waals surface area (Å²) in [5.41, 5.74) is 2.44. The van der Waals surface area contributed by atoms with E-state index < -0.39 is 0 Å². The number of methoxy groups -OCH3 is 1. The summed E-state index contributed by atoms with van der Waals surface area (Å²) in [4.78, 5) is 34.0. The molecular formula is C25H29N3O3S. The molecule has 1 unspecified atom stereocenters. The second kappa shape index (κ2) is 8.98. The number of hydrogen-bond acceptors (Lipinski definition) is 4. The van der Waals surface area contributed by atoms with Crippen LogP contribution >= 0.6 is 11.3 Å². The van der Waals surface area contributed by atoms with Gasteiger partial charge in [0.2, 0.25) is 5.91 Å². The molecule has 0 radical (unpaired) electrons. The molecule has 1 atom stereocenters. The van der Waals surface area contributed by atoms with E-state index in [0.29, 0.717) is 12.5 Å². The zero-order valence-electron chi connectivity index (χ0n) is 18.4. The summed E-state index contributed by atoms with van der Waals surface area (Å²) in [7, 11) is 1.69. The zero-order chi connectivity index (χ0) is 22.1. The standard InChI is InChI=1S/C25H29N3O3S/c1-31-19-6-7-22-20(14-19)21(15-26-22)17-8-11-27(12-9-17)24(29)18-4-2-10-28(16-18)25(30)23-5-3-13-32-23/h3,5-7,13-15,17-18,26H,2,4,8-12,16H2,1H3. The Hall–Kier alpha value is -2.80. The molecule has 1 N–H and O–H groups in total. The minimum absolute atomic E-state index is 0.0611. The molecule has 2 amide bonds. The largest absolute Gasteiger partial charge is 0.497 e. The molecule has 0 aliphatic carbocycles. The maximum absolute atomic E-state index is 13.3. The predicted octanol–water partition coefficient (Wildman–Crippen LogP) is 4.50. The lowest BCUT2D eigenvalue weighted by Gasteiger charge is -2.37. The number of aromatic nitrogens is 1. The van der Waals surface area contributed by atoms with Crippen molar-refractivity contribution in [2.45, 2.75) is 31.6 Å². The van der Waals surface area contributed by atoms with E-state index in [9.17, 15) is 9.59 Å². The molecule has 32 heavy (non-hydrogen) atoms. The Morgan fingerprint density at radius 3 is 2.69 bits per heavy atom. The van der Waals surface area contributed by atoms with Crippen molar-refractivity contribution >= 4 is 34.1 Å². The Bertz CT molecular complexity index is 1100. The number of H-pyrrole nitrogens is 1. The van der Waals surface area contributed by atoms with Gasteiger partial charge in [-0.15, -0.1) is 11.3 Å². The van der Waals surface area contributed by atoms with Crippen molar-refractivity contribution in [1.29, 1.82) is 0 Å². The van der Waals surface area contributed by atoms with Crippen molar-refractivity contribution in [2.24, 2.45) is 5.92 Å². The van der Waals surface area contributed by atoms with Crippen LogP contribution in [0.1, 0.15) is 46.8 Å². The van der Waals surface area contributed by atoms with Crippen molar-refractivity contribution in [3.05, 3.63) is 52.3 Å². The second-order valence-corrected chi connectivity index (χ2v) is 9.77. The van der Waals surface area contributed by atoms with Crippen molar-refractivity contribution < 1.29 is 14.3 Å². The van der Waals surface area contributed by atoms with Crippen LogP contribution in [0.4, 0.5) is 0 Å². The van der Waals surface area contributed by atoms with Gasteiger partial charge >= 0.3 is 0 Å². The van der Waals surface area contributed by atoms with Gasteiger partial charge in [0.15, 0.2) is 0 Å². The van der Waals surface area contributed by atoms with Gasteiger partial charge in [-0.2, -0.15) is 0 Å². The van der Waals surface area contributed by atoms with Gasteiger partial charge in [-0.25, -0.2) is 0 Å². The molecule has 2 aromatic heterocycles. The average molecular weight is 452 g/mol. The van der Waals surface area contributed by atoms with E-state index >= 15 is 0 Å². The monoisotopic (exact) mass is 451 g/mol. The van der Waals surface area contributed by atoms with E-state index in [1.165, 1.54) is 22.3 Å². The van der Waals surface area contributed by atoms with Gasteiger partial charge in [0.25, 0.3) is 5.91 Å². The molecule has 4 heterocycles. The van der Waals surface area contributed by atoms with Gasteiger partial charge in [-0.3, -0.25) is 9.59 Å². The topological polar surface area (TPSA) is 65.6 Å². The Morgan fingerprint density at radius 1 is 1.09 bits per heavy atom. The first kappa shape index (κ1) is 21.1. The molecule has 2 saturated heterocycles. The van der Waals surface area contributed by atoms with Crippen LogP contribution in [-0.4, -0.2) is 59.9 Å². The number of carbonyl (C=O) groups is 2. The number of thiophene rings is 1. The highest BCUT2D eigenvalue weighted by atomic mass is 32.1. The van der Waals surface area contributed by atoms with Gasteiger partial charge in [-0.1, -0.05) is 6.07 Å². The maximum Gasteiger partial charge on any atom is 0.263 e. The zero-order valence-corrected chi connectivity index (χ0v) is 19.2. The number of rotatable bonds is 4. The predicted molar refractivity (Wildman–Crippen MR) is 126 cm³/mol. The molecule has 168 valence electrons. The van der Waals surface area contributed by atoms with Gasteiger partial charge in [0.1, 0.15) is 5.75 Å². The van der Waals surface area contributed by atoms with Gasteiger partial charge < -0.3 is 19.5 Å². The molecule has 7 heteroatoms. The molecule has 3 aromatic rings. The normalized spacial score (nSPS) is 20.0. The number of piperidine rings is 2. The highest BCUT2D eigenvalue weighted by molar-refractivity contribution is 7.12. The number of nitrogens with one attached hydrogen (secondary N) is 1. The maximum atomic E-state index is 13.3. The highest BCUT2D eigenvalue weighted by Gasteiger charge is 2.34. The van der Waals surface area contributed by atoms with Crippen LogP contribution in [0.3, 0.4) is 0 Å². The molecule has 2 aliphatic heterocycles. The molecule has 0 spiro atoms. The van der Waals surface area contributed by atoms with Crippen LogP contribution in [0.25, 0.3) is 10.9 Å². The van der Waals surface area contributed by atoms with E-state index in [0.717, 1.165) is 61.5 Å². The Morgan fingerprint density at radius 2 is 1.94 bits per heavy atom. The van der Waals surface area contributed by atoms with Crippen LogP contribution in [0.15, 0.2) is 41.9 Å². The second-order valence-electron chi connectivity index (χ2n) is 8.82. The minimum atomic E-state index is -0.0819. The number of carbonyl (C=O) groups excluding carboxylic acids is 2. The lowest BCUT2D eigenvalue weighted by atomic mass is 9.88. The molecule has 2 fully saturated rings. The SMILES string of the molecule is COc1ccc2[nH]cc(C3CCN(C(=O)C4CCCN(C(=O)c5cccs5)C4)CC3)c2c1. The molecule has 1 aromatic carbocycles. The van der Waals surface area contributed by atoms with E-state index in [1.54, 1.807) is 7.11 Å². The Labute approximate surface area is 192 Å². The summed E-state index contributed by atoms with van der Waals surface area (Å²) < 4.78 is 5.40. The number of nitrogens with zero attached hydrogens (tertiary/aromatic N) is 2. The number of amides is 2. The van der Waals surface area contributed by atoms with Crippen LogP contribution in [0.2, 0.25) is 0 Å². The highest BCUT2D eigenvalue weighted by Crippen LogP contribution is 2.35. The minimum Gasteiger partial charge on any atom is -0.497 e. The van der Waals surface area contributed by atoms with Crippen molar-refractivity contribution in [2.75, 3.05) is 33.3 Å². The third-order valence-electron chi connectivity index (χ3n) is 6.96. The summed E-state index contributed by atoms with van der Waals surface area (Å²) in [6.45, 7) is 2.83. The number of fused-ring (bicyclic) bond motifs is 1. The molecule has 6 nitrogen and oxygen atoms in total. The number of benzene rings is 1. The van der Waals surface area contributed by atoms with E-state index in [1.807, 2.05) is 33.4 Å². The van der Waals surface area contributed by atoms with E-state index in [4.69, 9.17) is 4.74 Å². The molecule has 5 rings (SSSR count). The van der Waals surface area contributed by atoms with E-state index in [-0.39, 0.29) is 17.7 Å². The molecular weight excluding hydrogens is 422 g/mol. The Balaban J connectivity index is 1.22. The summed E-state index contributed by atoms with van der Waals surface area (Å²) in [6, 6.07) is 9.89. The summed E-state index contributed by atoms with van der Waals surface area (Å²) in [6.07, 6.45) is 5.79. The van der Waals surface area contributed by atoms with Crippen molar-refractivity contribution in [3.8, 4) is 5.75 Å². The fourth-order valence-corrected chi connectivity index (χ4v) is 5.87. The molecule has 0 saturated carbocycles. The first-order valence-electron chi connectivity index (χ1n) is 11.4. The van der Waals surface area contributed by atoms with Crippen molar-refractivity contribution in [1.82, 2.24) is 14.8 Å². The first-order chi connectivity index (χ1) is 15.6. The van der Waals surface area contributed by atoms with Crippen LogP contribution in [-0.2, 0) is 4.79 Å². The lowest BCUT2D eigenvalue weighted by Crippen LogP contribution is -2.48. The van der Waals surface area contributed by atoms with E-state index in [2.05, 4.69) is 23.3 Å². The number of aromatic amines is 1. The van der Waals surface area contributed by atoms with Crippen LogP contribution in [0.5, 0.6) is 5.75 Å². The lowest BCUT2D eigenvalue weighted by molar-refractivity contribution is -0.138. The first-order valence-corrected chi connectivity index (χ1v) is 12.3. The third-order valence-corrected chi connectivity index (χ3v) is 7.82. The van der Waals surface area contributed by atoms with Gasteiger partial charge in [0.05, 0.1) is 17.9 Å². The molecule has 0 bridgehead atoms. The fourth-order valence-electron chi connectivity index (χ4n) is 5.17.